The number of urea groups is 1. The van der Waals surface area contributed by atoms with Gasteiger partial charge in [-0.05, 0) is 36.6 Å². The Bertz CT molecular complexity index is 1070. The van der Waals surface area contributed by atoms with Crippen molar-refractivity contribution in [2.75, 3.05) is 51.3 Å². The average molecular weight is 479 g/mol. The van der Waals surface area contributed by atoms with Crippen LogP contribution in [-0.2, 0) is 16.0 Å². The molecule has 35 heavy (non-hydrogen) atoms. The van der Waals surface area contributed by atoms with Crippen LogP contribution in [-0.4, -0.2) is 63.3 Å². The lowest BCUT2D eigenvalue weighted by Gasteiger charge is -2.38. The molecule has 1 atom stereocenters. The first-order chi connectivity index (χ1) is 17.0. The molecular formula is C27H34N4O4. The summed E-state index contributed by atoms with van der Waals surface area (Å²) < 4.78 is 10.9. The predicted octanol–water partition coefficient (Wildman–Crippen LogP) is 3.25. The fourth-order valence-corrected chi connectivity index (χ4v) is 4.66. The number of carbonyl (C=O) groups excluding carboxylic acids is 2. The van der Waals surface area contributed by atoms with Crippen LogP contribution in [0.25, 0.3) is 0 Å². The van der Waals surface area contributed by atoms with E-state index in [1.54, 1.807) is 0 Å². The fourth-order valence-electron chi connectivity index (χ4n) is 4.66. The number of para-hydroxylation sites is 2. The van der Waals surface area contributed by atoms with Crippen LogP contribution < -0.4 is 20.3 Å². The predicted molar refractivity (Wildman–Crippen MR) is 136 cm³/mol. The van der Waals surface area contributed by atoms with Crippen LogP contribution in [0.15, 0.2) is 59.8 Å². The number of rotatable bonds is 8. The van der Waals surface area contributed by atoms with E-state index in [1.807, 2.05) is 49.4 Å². The van der Waals surface area contributed by atoms with Crippen LogP contribution in [0.2, 0.25) is 0 Å². The summed E-state index contributed by atoms with van der Waals surface area (Å²) in [6.45, 7) is 8.38. The fraction of sp³-hybridized carbons (Fsp3) is 0.407. The number of anilines is 1. The summed E-state index contributed by atoms with van der Waals surface area (Å²) in [7, 11) is 1.37. The standard InChI is InChI=1S/C27H34N4O4/c1-4-19-10-12-20(13-11-19)25-24(26(32)34-3)21(28-27(33)29-25)18-30-14-16-31(17-15-30)22-8-6-7-9-23(22)35-5-2/h6-13,25H,4-5,14-18H2,1-3H3,(H2,28,29,33). The van der Waals surface area contributed by atoms with Gasteiger partial charge < -0.3 is 25.0 Å². The molecule has 8 nitrogen and oxygen atoms in total. The molecule has 0 radical (unpaired) electrons. The van der Waals surface area contributed by atoms with E-state index in [9.17, 15) is 9.59 Å². The maximum atomic E-state index is 12.9. The van der Waals surface area contributed by atoms with E-state index >= 15 is 0 Å². The van der Waals surface area contributed by atoms with E-state index < -0.39 is 12.0 Å². The lowest BCUT2D eigenvalue weighted by atomic mass is 9.94. The largest absolute Gasteiger partial charge is 0.492 e. The number of piperazine rings is 1. The lowest BCUT2D eigenvalue weighted by Crippen LogP contribution is -2.51. The van der Waals surface area contributed by atoms with Crippen LogP contribution in [0.3, 0.4) is 0 Å². The third kappa shape index (κ3) is 5.59. The average Bonchev–Trinajstić information content (AvgIpc) is 2.89. The third-order valence-electron chi connectivity index (χ3n) is 6.54. The Kier molecular flexibility index (Phi) is 7.92. The molecule has 2 amide bonds. The molecule has 2 heterocycles. The summed E-state index contributed by atoms with van der Waals surface area (Å²) in [5.74, 6) is 0.447. The molecule has 0 aromatic heterocycles. The number of nitrogens with zero attached hydrogens (tertiary/aromatic N) is 2. The van der Waals surface area contributed by atoms with E-state index in [-0.39, 0.29) is 6.03 Å². The molecule has 1 fully saturated rings. The molecule has 8 heteroatoms. The molecule has 0 saturated carbocycles. The Hall–Kier alpha value is -3.52. The molecule has 2 aliphatic heterocycles. The van der Waals surface area contributed by atoms with E-state index in [0.717, 1.165) is 49.6 Å². The van der Waals surface area contributed by atoms with Crippen molar-refractivity contribution in [3.63, 3.8) is 0 Å². The van der Waals surface area contributed by atoms with Crippen molar-refractivity contribution >= 4 is 17.7 Å². The van der Waals surface area contributed by atoms with Gasteiger partial charge in [-0.2, -0.15) is 0 Å². The molecule has 2 aromatic carbocycles. The van der Waals surface area contributed by atoms with Gasteiger partial charge in [-0.1, -0.05) is 43.3 Å². The summed E-state index contributed by atoms with van der Waals surface area (Å²) in [5, 5.41) is 5.77. The number of hydrogen-bond donors (Lipinski definition) is 2. The van der Waals surface area contributed by atoms with Gasteiger partial charge in [0.1, 0.15) is 5.75 Å². The Balaban J connectivity index is 1.53. The maximum absolute atomic E-state index is 12.9. The molecule has 4 rings (SSSR count). The lowest BCUT2D eigenvalue weighted by molar-refractivity contribution is -0.136. The summed E-state index contributed by atoms with van der Waals surface area (Å²) in [6, 6.07) is 15.2. The monoisotopic (exact) mass is 478 g/mol. The molecule has 2 aromatic rings. The SMILES string of the molecule is CCOc1ccccc1N1CCN(CC2=C(C(=O)OC)C(c3ccc(CC)cc3)NC(=O)N2)CC1. The number of carbonyl (C=O) groups is 2. The molecule has 1 unspecified atom stereocenters. The van der Waals surface area contributed by atoms with Crippen LogP contribution >= 0.6 is 0 Å². The number of methoxy groups -OCH3 is 1. The number of nitrogens with one attached hydrogen (secondary N) is 2. The quantitative estimate of drug-likeness (QED) is 0.567. The van der Waals surface area contributed by atoms with Gasteiger partial charge in [0, 0.05) is 38.4 Å². The minimum atomic E-state index is -0.559. The van der Waals surface area contributed by atoms with Crippen molar-refractivity contribution in [3.8, 4) is 5.75 Å². The van der Waals surface area contributed by atoms with Gasteiger partial charge in [-0.15, -0.1) is 0 Å². The van der Waals surface area contributed by atoms with Gasteiger partial charge >= 0.3 is 12.0 Å². The maximum Gasteiger partial charge on any atom is 0.338 e. The van der Waals surface area contributed by atoms with Gasteiger partial charge in [0.05, 0.1) is 31.0 Å². The number of ether oxygens (including phenoxy) is 2. The zero-order chi connectivity index (χ0) is 24.8. The normalized spacial score (nSPS) is 18.7. The molecule has 2 N–H and O–H groups in total. The Morgan fingerprint density at radius 3 is 2.40 bits per heavy atom. The molecule has 0 aliphatic carbocycles. The molecule has 2 aliphatic rings. The number of amides is 2. The van der Waals surface area contributed by atoms with Crippen molar-refractivity contribution in [3.05, 3.63) is 70.9 Å². The summed E-state index contributed by atoms with van der Waals surface area (Å²) in [6.07, 6.45) is 0.921. The second-order valence-electron chi connectivity index (χ2n) is 8.67. The van der Waals surface area contributed by atoms with Gasteiger partial charge in [0.15, 0.2) is 0 Å². The Labute approximate surface area is 206 Å². The summed E-state index contributed by atoms with van der Waals surface area (Å²) in [5.41, 5.74) is 4.18. The van der Waals surface area contributed by atoms with Crippen molar-refractivity contribution in [1.82, 2.24) is 15.5 Å². The Morgan fingerprint density at radius 2 is 1.74 bits per heavy atom. The van der Waals surface area contributed by atoms with E-state index in [1.165, 1.54) is 12.7 Å². The van der Waals surface area contributed by atoms with Crippen LogP contribution in [0.5, 0.6) is 5.75 Å². The zero-order valence-corrected chi connectivity index (χ0v) is 20.7. The second kappa shape index (κ2) is 11.3. The number of benzene rings is 2. The van der Waals surface area contributed by atoms with Crippen molar-refractivity contribution in [2.45, 2.75) is 26.3 Å². The van der Waals surface area contributed by atoms with Crippen LogP contribution in [0.1, 0.15) is 31.0 Å². The highest BCUT2D eigenvalue weighted by atomic mass is 16.5. The van der Waals surface area contributed by atoms with Crippen LogP contribution in [0.4, 0.5) is 10.5 Å². The minimum absolute atomic E-state index is 0.318. The van der Waals surface area contributed by atoms with Crippen LogP contribution in [0, 0.1) is 0 Å². The zero-order valence-electron chi connectivity index (χ0n) is 20.7. The summed E-state index contributed by atoms with van der Waals surface area (Å²) in [4.78, 5) is 30.0. The van der Waals surface area contributed by atoms with Gasteiger partial charge in [-0.25, -0.2) is 9.59 Å². The van der Waals surface area contributed by atoms with Gasteiger partial charge in [0.25, 0.3) is 0 Å². The highest BCUT2D eigenvalue weighted by Crippen LogP contribution is 2.30. The van der Waals surface area contributed by atoms with E-state index in [2.05, 4.69) is 33.4 Å². The first-order valence-electron chi connectivity index (χ1n) is 12.2. The smallest absolute Gasteiger partial charge is 0.338 e. The first kappa shape index (κ1) is 24.6. The minimum Gasteiger partial charge on any atom is -0.492 e. The van der Waals surface area contributed by atoms with Crippen molar-refractivity contribution in [1.29, 1.82) is 0 Å². The van der Waals surface area contributed by atoms with Crippen molar-refractivity contribution in [2.24, 2.45) is 0 Å². The number of esters is 1. The van der Waals surface area contributed by atoms with Gasteiger partial charge in [-0.3, -0.25) is 4.90 Å². The molecule has 186 valence electrons. The topological polar surface area (TPSA) is 83.1 Å². The molecule has 0 bridgehead atoms. The Morgan fingerprint density at radius 1 is 1.03 bits per heavy atom. The number of aryl methyl sites for hydroxylation is 1. The molecule has 0 spiro atoms. The highest BCUT2D eigenvalue weighted by molar-refractivity contribution is 5.95. The molecule has 1 saturated heterocycles. The third-order valence-corrected chi connectivity index (χ3v) is 6.54. The number of hydrogen-bond acceptors (Lipinski definition) is 6. The summed E-state index contributed by atoms with van der Waals surface area (Å²) >= 11 is 0. The highest BCUT2D eigenvalue weighted by Gasteiger charge is 2.34. The van der Waals surface area contributed by atoms with E-state index in [0.29, 0.717) is 24.4 Å². The van der Waals surface area contributed by atoms with E-state index in [4.69, 9.17) is 9.47 Å². The van der Waals surface area contributed by atoms with Gasteiger partial charge in [0.2, 0.25) is 0 Å². The first-order valence-corrected chi connectivity index (χ1v) is 12.2. The second-order valence-corrected chi connectivity index (χ2v) is 8.67. The van der Waals surface area contributed by atoms with Crippen molar-refractivity contribution < 1.29 is 19.1 Å². The molecular weight excluding hydrogens is 444 g/mol.